The van der Waals surface area contributed by atoms with Crippen LogP contribution in [-0.2, 0) is 0 Å². The third kappa shape index (κ3) is 4.35. The highest BCUT2D eigenvalue weighted by Gasteiger charge is 2.03. The van der Waals surface area contributed by atoms with Gasteiger partial charge >= 0.3 is 0 Å². The van der Waals surface area contributed by atoms with Crippen molar-refractivity contribution in [1.82, 2.24) is 39.9 Å². The summed E-state index contributed by atoms with van der Waals surface area (Å²) in [6, 6.07) is 16.4. The van der Waals surface area contributed by atoms with Gasteiger partial charge in [-0.15, -0.1) is 0 Å². The lowest BCUT2D eigenvalue weighted by molar-refractivity contribution is 1.17. The zero-order valence-electron chi connectivity index (χ0n) is 18.3. The Kier molecular flexibility index (Phi) is 4.81. The molecule has 2 aliphatic rings. The number of nitrogens with one attached hydrogen (secondary N) is 4. The molecule has 8 bridgehead atoms. The summed E-state index contributed by atoms with van der Waals surface area (Å²) in [6.07, 6.45) is 9.44. The van der Waals surface area contributed by atoms with Crippen molar-refractivity contribution in [1.29, 1.82) is 0 Å². The first-order chi connectivity index (χ1) is 17.1. The van der Waals surface area contributed by atoms with Crippen molar-refractivity contribution in [2.45, 2.75) is 0 Å². The van der Waals surface area contributed by atoms with Crippen molar-refractivity contribution < 1.29 is 0 Å². The number of nitrogens with zero attached hydrogens (tertiary/aromatic N) is 4. The summed E-state index contributed by atoms with van der Waals surface area (Å²) in [7, 11) is 0. The summed E-state index contributed by atoms with van der Waals surface area (Å²) >= 11 is 0. The average molecular weight is 461 g/mol. The van der Waals surface area contributed by atoms with Gasteiger partial charge in [0.2, 0.25) is 5.95 Å². The molecule has 5 aromatic heterocycles. The van der Waals surface area contributed by atoms with Gasteiger partial charge in [0.1, 0.15) is 0 Å². The Morgan fingerprint density at radius 3 is 1.71 bits per heavy atom. The molecule has 0 unspecified atom stereocenters. The average Bonchev–Trinajstić information content (AvgIpc) is 3.63. The minimum Gasteiger partial charge on any atom is -0.369 e. The topological polar surface area (TPSA) is 158 Å². The maximum atomic E-state index is 11.0. The number of nitrogen functional groups attached to an aromatic ring is 1. The maximum absolute atomic E-state index is 11.0. The molecule has 5 aromatic rings. The van der Waals surface area contributed by atoms with Crippen molar-refractivity contribution >= 4 is 63.5 Å². The second-order valence-corrected chi connectivity index (χ2v) is 7.96. The van der Waals surface area contributed by atoms with E-state index in [9.17, 15) is 4.79 Å². The molecule has 0 saturated carbocycles. The first-order valence-corrected chi connectivity index (χ1v) is 10.8. The number of aromatic nitrogens is 8. The Morgan fingerprint density at radius 1 is 0.629 bits per heavy atom. The number of imidazole rings is 1. The van der Waals surface area contributed by atoms with Gasteiger partial charge in [0, 0.05) is 22.1 Å². The normalized spacial score (nSPS) is 12.0. The van der Waals surface area contributed by atoms with Crippen LogP contribution in [0, 0.1) is 0 Å². The molecule has 0 aliphatic carbocycles. The van der Waals surface area contributed by atoms with E-state index in [0.717, 1.165) is 44.8 Å². The molecule has 0 spiro atoms. The van der Waals surface area contributed by atoms with Crippen molar-refractivity contribution in [3.63, 3.8) is 0 Å². The van der Waals surface area contributed by atoms with Gasteiger partial charge in [0.05, 0.1) is 29.1 Å². The third-order valence-corrected chi connectivity index (χ3v) is 5.36. The fourth-order valence-electron chi connectivity index (χ4n) is 3.80. The van der Waals surface area contributed by atoms with Crippen LogP contribution in [0.3, 0.4) is 0 Å². The van der Waals surface area contributed by atoms with Gasteiger partial charge < -0.3 is 20.7 Å². The summed E-state index contributed by atoms with van der Waals surface area (Å²) in [5.41, 5.74) is 13.5. The maximum Gasteiger partial charge on any atom is 0.278 e. The van der Waals surface area contributed by atoms with Gasteiger partial charge in [-0.1, -0.05) is 0 Å². The quantitative estimate of drug-likeness (QED) is 0.230. The van der Waals surface area contributed by atoms with Crippen molar-refractivity contribution in [3.8, 4) is 0 Å². The first-order valence-electron chi connectivity index (χ1n) is 10.8. The van der Waals surface area contributed by atoms with Crippen LogP contribution in [0.4, 0.5) is 5.95 Å². The molecule has 0 fully saturated rings. The second-order valence-electron chi connectivity index (χ2n) is 7.96. The predicted octanol–water partition coefficient (Wildman–Crippen LogP) is 3.88. The lowest BCUT2D eigenvalue weighted by atomic mass is 10.3. The van der Waals surface area contributed by atoms with Gasteiger partial charge in [-0.2, -0.15) is 4.98 Å². The molecule has 0 atom stereocenters. The molecule has 2 aliphatic heterocycles. The summed E-state index contributed by atoms with van der Waals surface area (Å²) in [5.74, 6) is 0.0783. The lowest BCUT2D eigenvalue weighted by Crippen LogP contribution is -2.10. The molecule has 0 radical (unpaired) electrons. The monoisotopic (exact) mass is 461 g/mol. The molecular formula is C25H19N9O. The Morgan fingerprint density at radius 2 is 1.14 bits per heavy atom. The summed E-state index contributed by atoms with van der Waals surface area (Å²) in [6.45, 7) is 0. The van der Waals surface area contributed by atoms with Crippen LogP contribution < -0.4 is 11.3 Å². The van der Waals surface area contributed by atoms with Gasteiger partial charge in [0.15, 0.2) is 11.2 Å². The van der Waals surface area contributed by atoms with E-state index in [-0.39, 0.29) is 11.5 Å². The van der Waals surface area contributed by atoms with Crippen molar-refractivity contribution in [3.05, 3.63) is 88.0 Å². The summed E-state index contributed by atoms with van der Waals surface area (Å²) in [5, 5.41) is 0. The number of anilines is 1. The molecule has 7 heterocycles. The van der Waals surface area contributed by atoms with Crippen molar-refractivity contribution in [2.75, 3.05) is 5.73 Å². The van der Waals surface area contributed by atoms with E-state index in [1.54, 1.807) is 0 Å². The van der Waals surface area contributed by atoms with Crippen LogP contribution in [0.15, 0.2) is 59.7 Å². The number of nitrogens with two attached hydrogens (primary N) is 1. The van der Waals surface area contributed by atoms with E-state index in [1.807, 2.05) is 42.5 Å². The van der Waals surface area contributed by atoms with Crippen LogP contribution >= 0.6 is 0 Å². The van der Waals surface area contributed by atoms with Crippen LogP contribution in [0.25, 0.3) is 57.5 Å². The van der Waals surface area contributed by atoms with E-state index in [0.29, 0.717) is 11.2 Å². The van der Waals surface area contributed by atoms with E-state index in [1.165, 1.54) is 6.33 Å². The Hall–Kier alpha value is -5.25. The van der Waals surface area contributed by atoms with E-state index in [2.05, 4.69) is 70.2 Å². The Bertz CT molecular complexity index is 1760. The highest BCUT2D eigenvalue weighted by molar-refractivity contribution is 5.77. The zero-order chi connectivity index (χ0) is 23.8. The number of aromatic amines is 4. The second kappa shape index (κ2) is 8.27. The summed E-state index contributed by atoms with van der Waals surface area (Å²) in [4.78, 5) is 39.6. The van der Waals surface area contributed by atoms with Crippen molar-refractivity contribution in [2.24, 2.45) is 0 Å². The molecule has 10 nitrogen and oxygen atoms in total. The molecule has 0 aromatic carbocycles. The minimum atomic E-state index is -0.301. The van der Waals surface area contributed by atoms with E-state index < -0.39 is 0 Å². The highest BCUT2D eigenvalue weighted by atomic mass is 16.1. The molecule has 6 N–H and O–H groups in total. The fraction of sp³-hybridized carbons (Fsp3) is 0. The number of hydrogen-bond acceptors (Lipinski definition) is 6. The smallest absolute Gasteiger partial charge is 0.278 e. The molecule has 0 amide bonds. The Labute approximate surface area is 197 Å². The summed E-state index contributed by atoms with van der Waals surface area (Å²) < 4.78 is 0. The zero-order valence-corrected chi connectivity index (χ0v) is 18.3. The third-order valence-electron chi connectivity index (χ3n) is 5.36. The SMILES string of the molecule is C1=Cc2cc3ccc(cc4ccc(cc5nc(cc1n2)C=C5)[nH]4)[nH]3.Nc1nc2nc[nH]c2c(=O)[nH]1. The molecule has 10 heteroatoms. The van der Waals surface area contributed by atoms with Crippen LogP contribution in [0.2, 0.25) is 0 Å². The number of hydrogen-bond donors (Lipinski definition) is 5. The minimum absolute atomic E-state index is 0.0783. The fourth-order valence-corrected chi connectivity index (χ4v) is 3.80. The van der Waals surface area contributed by atoms with E-state index >= 15 is 0 Å². The molecule has 35 heavy (non-hydrogen) atoms. The molecule has 7 rings (SSSR count). The largest absolute Gasteiger partial charge is 0.369 e. The standard InChI is InChI=1S/C20H14N4.C5H5N5O/c1-2-14-10-16-5-6-18(23-16)12-20-8-7-19(24-20)11-17-4-3-15(22-17)9-13(1)21-14;6-5-9-3-2(4(11)10-5)7-1-8-3/h1-12,21-22H;1H,(H4,6,7,8,9,10,11). The molecular weight excluding hydrogens is 442 g/mol. The van der Waals surface area contributed by atoms with E-state index in [4.69, 9.17) is 5.73 Å². The van der Waals surface area contributed by atoms with Gasteiger partial charge in [-0.05, 0) is 72.8 Å². The molecule has 0 saturated heterocycles. The number of fused-ring (bicyclic) bond motifs is 9. The molecule has 170 valence electrons. The van der Waals surface area contributed by atoms with Crippen LogP contribution in [-0.4, -0.2) is 39.9 Å². The van der Waals surface area contributed by atoms with Crippen LogP contribution in [0.5, 0.6) is 0 Å². The van der Waals surface area contributed by atoms with Gasteiger partial charge in [-0.3, -0.25) is 9.78 Å². The highest BCUT2D eigenvalue weighted by Crippen LogP contribution is 2.17. The predicted molar refractivity (Wildman–Crippen MR) is 138 cm³/mol. The number of rotatable bonds is 0. The first kappa shape index (κ1) is 20.4. The van der Waals surface area contributed by atoms with Crippen LogP contribution in [0.1, 0.15) is 22.8 Å². The van der Waals surface area contributed by atoms with Gasteiger partial charge in [0.25, 0.3) is 5.56 Å². The Balaban J connectivity index is 0.000000174. The lowest BCUT2D eigenvalue weighted by Gasteiger charge is -1.89. The van der Waals surface area contributed by atoms with Gasteiger partial charge in [-0.25, -0.2) is 15.0 Å². The number of H-pyrrole nitrogens is 4.